The van der Waals surface area contributed by atoms with Gasteiger partial charge in [-0.05, 0) is 43.4 Å². The van der Waals surface area contributed by atoms with Crippen molar-refractivity contribution in [3.8, 4) is 0 Å². The Bertz CT molecular complexity index is 845. The summed E-state index contributed by atoms with van der Waals surface area (Å²) in [4.78, 5) is 2.79. The van der Waals surface area contributed by atoms with E-state index in [1.54, 1.807) is 30.3 Å². The topological polar surface area (TPSA) is 88.2 Å². The molecule has 2 radical (unpaired) electrons. The molecule has 0 aliphatic carbocycles. The molecule has 0 amide bonds. The number of hydrogen-bond donors (Lipinski definition) is 0. The van der Waals surface area contributed by atoms with E-state index >= 15 is 0 Å². The largest absolute Gasteiger partial charge is 0.299 e. The Hall–Kier alpha value is -1.77. The third-order valence-electron chi connectivity index (χ3n) is 5.67. The molecule has 2 aliphatic rings. The predicted octanol–water partition coefficient (Wildman–Crippen LogP) is 3.06. The van der Waals surface area contributed by atoms with Crippen molar-refractivity contribution >= 4 is 10.0 Å². The highest BCUT2D eigenvalue weighted by Crippen LogP contribution is 2.20. The maximum absolute atomic E-state index is 12.2. The highest BCUT2D eigenvalue weighted by atomic mass is 32.2. The lowest BCUT2D eigenvalue weighted by Crippen LogP contribution is -2.40. The Morgan fingerprint density at radius 1 is 0.733 bits per heavy atom. The van der Waals surface area contributed by atoms with Crippen molar-refractivity contribution in [2.24, 2.45) is 0 Å². The Balaban J connectivity index is 0.000000172. The first kappa shape index (κ1) is 22.9. The van der Waals surface area contributed by atoms with Crippen LogP contribution in [0.25, 0.3) is 0 Å². The van der Waals surface area contributed by atoms with Crippen LogP contribution >= 0.6 is 0 Å². The number of benzene rings is 2. The molecular formula is C23H32N4O2S. The molecule has 0 spiro atoms. The van der Waals surface area contributed by atoms with Crippen LogP contribution in [-0.2, 0) is 16.6 Å². The number of piperidine rings is 2. The Morgan fingerprint density at radius 2 is 1.20 bits per heavy atom. The van der Waals surface area contributed by atoms with Crippen LogP contribution in [0.5, 0.6) is 0 Å². The minimum Gasteiger partial charge on any atom is -0.299 e. The summed E-state index contributed by atoms with van der Waals surface area (Å²) in [5, 5.41) is 0. The van der Waals surface area contributed by atoms with Crippen LogP contribution < -0.4 is 11.5 Å². The molecule has 2 fully saturated rings. The van der Waals surface area contributed by atoms with Gasteiger partial charge < -0.3 is 0 Å². The number of hydrogen-bond acceptors (Lipinski definition) is 3. The van der Waals surface area contributed by atoms with Gasteiger partial charge in [0, 0.05) is 44.8 Å². The molecule has 0 atom stereocenters. The third-order valence-corrected chi connectivity index (χ3v) is 7.58. The van der Waals surface area contributed by atoms with E-state index < -0.39 is 10.0 Å². The van der Waals surface area contributed by atoms with Crippen molar-refractivity contribution in [1.82, 2.24) is 20.7 Å². The zero-order chi connectivity index (χ0) is 21.4. The van der Waals surface area contributed by atoms with Crippen LogP contribution in [0.15, 0.2) is 65.6 Å². The van der Waals surface area contributed by atoms with E-state index in [0.29, 0.717) is 30.8 Å². The van der Waals surface area contributed by atoms with Crippen LogP contribution in [0.1, 0.15) is 31.2 Å². The van der Waals surface area contributed by atoms with Gasteiger partial charge in [-0.3, -0.25) is 16.4 Å². The van der Waals surface area contributed by atoms with Crippen LogP contribution in [0.3, 0.4) is 0 Å². The molecule has 0 saturated carbocycles. The van der Waals surface area contributed by atoms with Crippen molar-refractivity contribution in [2.75, 3.05) is 26.2 Å². The summed E-state index contributed by atoms with van der Waals surface area (Å²) >= 11 is 0. The maximum Gasteiger partial charge on any atom is 0.243 e. The van der Waals surface area contributed by atoms with Gasteiger partial charge in [-0.2, -0.15) is 4.31 Å². The third kappa shape index (κ3) is 6.62. The molecule has 2 aliphatic heterocycles. The van der Waals surface area contributed by atoms with Crippen molar-refractivity contribution in [3.63, 3.8) is 0 Å². The molecule has 0 bridgehead atoms. The number of sulfonamides is 1. The first-order valence-electron chi connectivity index (χ1n) is 10.7. The van der Waals surface area contributed by atoms with Crippen LogP contribution in [0.4, 0.5) is 0 Å². The fourth-order valence-corrected chi connectivity index (χ4v) is 5.26. The summed E-state index contributed by atoms with van der Waals surface area (Å²) in [6, 6.07) is 19.1. The minimum atomic E-state index is -3.34. The minimum absolute atomic E-state index is 0.109. The molecule has 0 unspecified atom stereocenters. The van der Waals surface area contributed by atoms with Crippen LogP contribution in [0.2, 0.25) is 0 Å². The lowest BCUT2D eigenvalue weighted by atomic mass is 10.1. The molecule has 162 valence electrons. The molecule has 2 N–H and O–H groups in total. The maximum atomic E-state index is 12.2. The standard InChI is InChI=1S/C12H17N2.C11H15N2O2S/c13-12-6-8-14(9-7-12)10-11-4-2-1-3-5-11;12-10-6-8-13(9-7-10)16(14,15)11-4-2-1-3-5-11/h1-5,12-13H,6-10H2;1-5,10,12H,6-9H2. The van der Waals surface area contributed by atoms with E-state index in [9.17, 15) is 8.42 Å². The Labute approximate surface area is 180 Å². The predicted molar refractivity (Wildman–Crippen MR) is 119 cm³/mol. The second-order valence-corrected chi connectivity index (χ2v) is 9.97. The quantitative estimate of drug-likeness (QED) is 0.750. The Kier molecular flexibility index (Phi) is 8.41. The molecule has 30 heavy (non-hydrogen) atoms. The van der Waals surface area contributed by atoms with Gasteiger partial charge in [0.05, 0.1) is 4.90 Å². The molecule has 0 aromatic heterocycles. The van der Waals surface area contributed by atoms with Gasteiger partial charge in [-0.25, -0.2) is 8.42 Å². The fraction of sp³-hybridized carbons (Fsp3) is 0.478. The average molecular weight is 429 g/mol. The molecule has 4 rings (SSSR count). The summed E-state index contributed by atoms with van der Waals surface area (Å²) in [7, 11) is -3.34. The van der Waals surface area contributed by atoms with Crippen molar-refractivity contribution in [3.05, 3.63) is 66.2 Å². The normalized spacial score (nSPS) is 19.8. The SMILES string of the molecule is [NH]C1CCN(Cc2ccccc2)CC1.[NH]C1CCN(S(=O)(=O)c2ccccc2)CC1. The second kappa shape index (κ2) is 11.0. The van der Waals surface area contributed by atoms with Gasteiger partial charge >= 0.3 is 0 Å². The lowest BCUT2D eigenvalue weighted by Gasteiger charge is -2.29. The molecule has 2 heterocycles. The summed E-state index contributed by atoms with van der Waals surface area (Å²) < 4.78 is 25.8. The fourth-order valence-electron chi connectivity index (χ4n) is 3.77. The van der Waals surface area contributed by atoms with Gasteiger partial charge in [0.15, 0.2) is 0 Å². The molecule has 2 aromatic carbocycles. The summed E-state index contributed by atoms with van der Waals surface area (Å²) in [5.41, 5.74) is 16.5. The van der Waals surface area contributed by atoms with Gasteiger partial charge in [0.2, 0.25) is 10.0 Å². The van der Waals surface area contributed by atoms with Crippen molar-refractivity contribution < 1.29 is 8.42 Å². The van der Waals surface area contributed by atoms with Crippen molar-refractivity contribution in [1.29, 1.82) is 0 Å². The first-order chi connectivity index (χ1) is 14.4. The number of likely N-dealkylation sites (tertiary alicyclic amines) is 1. The van der Waals surface area contributed by atoms with Crippen LogP contribution in [-0.4, -0.2) is 55.9 Å². The van der Waals surface area contributed by atoms with Crippen molar-refractivity contribution in [2.45, 2.75) is 49.2 Å². The Morgan fingerprint density at radius 3 is 1.73 bits per heavy atom. The zero-order valence-electron chi connectivity index (χ0n) is 17.4. The van der Waals surface area contributed by atoms with E-state index in [1.807, 2.05) is 0 Å². The highest BCUT2D eigenvalue weighted by Gasteiger charge is 2.28. The molecule has 2 saturated heterocycles. The number of nitrogens with one attached hydrogen (secondary N) is 2. The second-order valence-electron chi connectivity index (χ2n) is 8.03. The average Bonchev–Trinajstić information content (AvgIpc) is 2.77. The molecule has 6 nitrogen and oxygen atoms in total. The first-order valence-corrected chi connectivity index (χ1v) is 12.1. The van der Waals surface area contributed by atoms with Gasteiger partial charge in [0.25, 0.3) is 0 Å². The van der Waals surface area contributed by atoms with Gasteiger partial charge in [-0.1, -0.05) is 48.5 Å². The lowest BCUT2D eigenvalue weighted by molar-refractivity contribution is 0.203. The summed E-state index contributed by atoms with van der Waals surface area (Å²) in [6.45, 7) is 4.15. The zero-order valence-corrected chi connectivity index (χ0v) is 18.2. The van der Waals surface area contributed by atoms with E-state index in [1.165, 1.54) is 9.87 Å². The molecular weight excluding hydrogens is 396 g/mol. The summed E-state index contributed by atoms with van der Waals surface area (Å²) in [6.07, 6.45) is 3.33. The number of nitrogens with zero attached hydrogens (tertiary/aromatic N) is 2. The molecule has 2 aromatic rings. The monoisotopic (exact) mass is 428 g/mol. The van der Waals surface area contributed by atoms with E-state index in [-0.39, 0.29) is 12.1 Å². The highest BCUT2D eigenvalue weighted by molar-refractivity contribution is 7.89. The smallest absolute Gasteiger partial charge is 0.243 e. The van der Waals surface area contributed by atoms with Crippen LogP contribution in [0, 0.1) is 0 Å². The van der Waals surface area contributed by atoms with E-state index in [2.05, 4.69) is 35.2 Å². The van der Waals surface area contributed by atoms with Gasteiger partial charge in [0.1, 0.15) is 0 Å². The van der Waals surface area contributed by atoms with E-state index in [0.717, 1.165) is 32.5 Å². The van der Waals surface area contributed by atoms with Gasteiger partial charge in [-0.15, -0.1) is 0 Å². The van der Waals surface area contributed by atoms with E-state index in [4.69, 9.17) is 11.5 Å². The summed E-state index contributed by atoms with van der Waals surface area (Å²) in [5.74, 6) is 0. The number of rotatable bonds is 4. The molecule has 7 heteroatoms.